The van der Waals surface area contributed by atoms with Gasteiger partial charge in [0, 0.05) is 5.69 Å². The van der Waals surface area contributed by atoms with Gasteiger partial charge in [0.05, 0.1) is 21.8 Å². The molecule has 0 radical (unpaired) electrons. The van der Waals surface area contributed by atoms with Crippen molar-refractivity contribution in [1.29, 1.82) is 0 Å². The molecule has 1 N–H and O–H groups in total. The summed E-state index contributed by atoms with van der Waals surface area (Å²) in [7, 11) is 0. The molecule has 3 aromatic carbocycles. The second-order valence-corrected chi connectivity index (χ2v) is 10.4. The van der Waals surface area contributed by atoms with Crippen molar-refractivity contribution >= 4 is 40.0 Å². The van der Waals surface area contributed by atoms with Crippen LogP contribution in [0.4, 0.5) is 5.69 Å². The first-order chi connectivity index (χ1) is 17.3. The first kappa shape index (κ1) is 23.8. The zero-order chi connectivity index (χ0) is 25.6. The average molecular weight is 498 g/mol. The largest absolute Gasteiger partial charge is 0.325 e. The van der Waals surface area contributed by atoms with Crippen molar-refractivity contribution in [3.05, 3.63) is 93.3 Å². The molecule has 0 aliphatic rings. The van der Waals surface area contributed by atoms with Crippen LogP contribution < -0.4 is 10.9 Å². The molecule has 182 valence electrons. The fourth-order valence-corrected chi connectivity index (χ4v) is 5.37. The predicted molar refractivity (Wildman–Crippen MR) is 145 cm³/mol. The molecule has 0 aliphatic carbocycles. The lowest BCUT2D eigenvalue weighted by molar-refractivity contribution is -0.115. The Labute approximate surface area is 213 Å². The van der Waals surface area contributed by atoms with Crippen LogP contribution in [0.3, 0.4) is 0 Å². The Kier molecular flexibility index (Phi) is 6.14. The average Bonchev–Trinajstić information content (AvgIpc) is 3.26. The van der Waals surface area contributed by atoms with E-state index in [-0.39, 0.29) is 11.5 Å². The molecule has 2 aromatic heterocycles. The summed E-state index contributed by atoms with van der Waals surface area (Å²) in [4.78, 5) is 26.7. The van der Waals surface area contributed by atoms with Gasteiger partial charge in [-0.2, -0.15) is 0 Å². The molecule has 8 heteroatoms. The highest BCUT2D eigenvalue weighted by molar-refractivity contribution is 8.00. The van der Waals surface area contributed by atoms with Crippen LogP contribution in [0, 0.1) is 27.7 Å². The van der Waals surface area contributed by atoms with E-state index in [1.807, 2.05) is 99.7 Å². The Morgan fingerprint density at radius 1 is 0.917 bits per heavy atom. The highest BCUT2D eigenvalue weighted by Gasteiger charge is 2.23. The van der Waals surface area contributed by atoms with Gasteiger partial charge >= 0.3 is 0 Å². The van der Waals surface area contributed by atoms with Crippen molar-refractivity contribution in [1.82, 2.24) is 19.2 Å². The van der Waals surface area contributed by atoms with E-state index in [9.17, 15) is 9.59 Å². The molecule has 0 fully saturated rings. The first-order valence-corrected chi connectivity index (χ1v) is 12.6. The van der Waals surface area contributed by atoms with Crippen molar-refractivity contribution in [2.45, 2.75) is 45.0 Å². The predicted octanol–water partition coefficient (Wildman–Crippen LogP) is 5.39. The number of carbonyl (C=O) groups excluding carboxylic acids is 1. The van der Waals surface area contributed by atoms with Crippen LogP contribution in [0.5, 0.6) is 0 Å². The van der Waals surface area contributed by atoms with Crippen LogP contribution in [0.15, 0.2) is 70.6 Å². The fraction of sp³-hybridized carbons (Fsp3) is 0.214. The van der Waals surface area contributed by atoms with E-state index in [4.69, 9.17) is 0 Å². The topological polar surface area (TPSA) is 81.3 Å². The summed E-state index contributed by atoms with van der Waals surface area (Å²) in [6.45, 7) is 9.80. The van der Waals surface area contributed by atoms with Gasteiger partial charge in [-0.15, -0.1) is 10.2 Å². The van der Waals surface area contributed by atoms with Gasteiger partial charge in [0.1, 0.15) is 0 Å². The fourth-order valence-electron chi connectivity index (χ4n) is 4.51. The number of aromatic nitrogens is 4. The second-order valence-electron chi connectivity index (χ2n) is 9.08. The first-order valence-electron chi connectivity index (χ1n) is 11.8. The van der Waals surface area contributed by atoms with Crippen LogP contribution >= 0.6 is 11.8 Å². The van der Waals surface area contributed by atoms with Gasteiger partial charge in [0.15, 0.2) is 5.16 Å². The van der Waals surface area contributed by atoms with Crippen molar-refractivity contribution in [2.24, 2.45) is 0 Å². The van der Waals surface area contributed by atoms with E-state index < -0.39 is 5.25 Å². The lowest BCUT2D eigenvalue weighted by Gasteiger charge is -2.16. The van der Waals surface area contributed by atoms with Gasteiger partial charge in [0.2, 0.25) is 11.7 Å². The minimum atomic E-state index is -0.447. The minimum absolute atomic E-state index is 0.129. The molecule has 7 nitrogen and oxygen atoms in total. The summed E-state index contributed by atoms with van der Waals surface area (Å²) >= 11 is 1.31. The SMILES string of the molecule is Cc1ccc(NC(=O)C(C)Sc2nnc3n(-c4c(C)cccc4C)c(=O)c4ccccc4n23)c(C)c1. The van der Waals surface area contributed by atoms with E-state index in [0.29, 0.717) is 21.8 Å². The number of hydrogen-bond acceptors (Lipinski definition) is 5. The molecule has 0 saturated carbocycles. The number of nitrogens with one attached hydrogen (secondary N) is 1. The van der Waals surface area contributed by atoms with Crippen molar-refractivity contribution in [3.63, 3.8) is 0 Å². The van der Waals surface area contributed by atoms with Crippen LogP contribution in [-0.2, 0) is 4.79 Å². The molecule has 36 heavy (non-hydrogen) atoms. The summed E-state index contributed by atoms with van der Waals surface area (Å²) in [6.07, 6.45) is 0. The Morgan fingerprint density at radius 3 is 2.36 bits per heavy atom. The number of thioether (sulfide) groups is 1. The van der Waals surface area contributed by atoms with Gasteiger partial charge in [-0.3, -0.25) is 14.0 Å². The highest BCUT2D eigenvalue weighted by Crippen LogP contribution is 2.28. The number of rotatable bonds is 5. The number of nitrogens with zero attached hydrogens (tertiary/aromatic N) is 4. The number of benzene rings is 3. The van der Waals surface area contributed by atoms with Gasteiger partial charge in [0.25, 0.3) is 5.56 Å². The minimum Gasteiger partial charge on any atom is -0.325 e. The smallest absolute Gasteiger partial charge is 0.267 e. The van der Waals surface area contributed by atoms with Gasteiger partial charge in [-0.25, -0.2) is 4.57 Å². The van der Waals surface area contributed by atoms with Crippen LogP contribution in [-0.4, -0.2) is 30.3 Å². The number of hydrogen-bond donors (Lipinski definition) is 1. The maximum absolute atomic E-state index is 13.7. The Morgan fingerprint density at radius 2 is 1.64 bits per heavy atom. The van der Waals surface area contributed by atoms with Crippen molar-refractivity contribution in [2.75, 3.05) is 5.32 Å². The zero-order valence-corrected chi connectivity index (χ0v) is 21.7. The highest BCUT2D eigenvalue weighted by atomic mass is 32.2. The van der Waals surface area contributed by atoms with Crippen molar-refractivity contribution in [3.8, 4) is 5.69 Å². The van der Waals surface area contributed by atoms with E-state index >= 15 is 0 Å². The Balaban J connectivity index is 1.61. The van der Waals surface area contributed by atoms with E-state index in [2.05, 4.69) is 15.5 Å². The van der Waals surface area contributed by atoms with Crippen LogP contribution in [0.25, 0.3) is 22.4 Å². The number of para-hydroxylation sites is 2. The van der Waals surface area contributed by atoms with Crippen LogP contribution in [0.1, 0.15) is 29.2 Å². The number of aryl methyl sites for hydroxylation is 4. The second kappa shape index (κ2) is 9.28. The van der Waals surface area contributed by atoms with Gasteiger partial charge < -0.3 is 5.32 Å². The molecule has 0 spiro atoms. The van der Waals surface area contributed by atoms with E-state index in [0.717, 1.165) is 33.6 Å². The van der Waals surface area contributed by atoms with Crippen molar-refractivity contribution < 1.29 is 4.79 Å². The van der Waals surface area contributed by atoms with Gasteiger partial charge in [-0.1, -0.05) is 59.8 Å². The number of fused-ring (bicyclic) bond motifs is 3. The quantitative estimate of drug-likeness (QED) is 0.330. The molecule has 0 aliphatic heterocycles. The molecule has 2 heterocycles. The summed E-state index contributed by atoms with van der Waals surface area (Å²) in [5, 5.41) is 12.5. The van der Waals surface area contributed by atoms with Crippen LogP contribution in [0.2, 0.25) is 0 Å². The third kappa shape index (κ3) is 4.07. The summed E-state index contributed by atoms with van der Waals surface area (Å²) < 4.78 is 3.50. The maximum atomic E-state index is 13.7. The Bertz CT molecular complexity index is 1680. The molecule has 5 aromatic rings. The summed E-state index contributed by atoms with van der Waals surface area (Å²) in [6, 6.07) is 19.3. The number of anilines is 1. The molecule has 0 saturated heterocycles. The molecule has 0 bridgehead atoms. The summed E-state index contributed by atoms with van der Waals surface area (Å²) in [5.41, 5.74) is 6.22. The normalized spacial score (nSPS) is 12.2. The third-order valence-electron chi connectivity index (χ3n) is 6.35. The monoisotopic (exact) mass is 497 g/mol. The Hall–Kier alpha value is -3.91. The lowest BCUT2D eigenvalue weighted by Crippen LogP contribution is -2.24. The number of amides is 1. The van der Waals surface area contributed by atoms with E-state index in [1.54, 1.807) is 4.57 Å². The molecular formula is C28H27N5O2S. The standard InChI is InChI=1S/C28H27N5O2S/c1-16-13-14-22(19(4)15-16)29-25(34)20(5)36-28-31-30-27-32(28)23-12-7-6-11-21(23)26(35)33(27)24-17(2)9-8-10-18(24)3/h6-15,20H,1-5H3,(H,29,34). The summed E-state index contributed by atoms with van der Waals surface area (Å²) in [5.74, 6) is 0.289. The molecule has 1 atom stereocenters. The maximum Gasteiger partial charge on any atom is 0.267 e. The zero-order valence-electron chi connectivity index (χ0n) is 20.9. The van der Waals surface area contributed by atoms with E-state index in [1.165, 1.54) is 11.8 Å². The molecule has 5 rings (SSSR count). The third-order valence-corrected chi connectivity index (χ3v) is 7.39. The molecular weight excluding hydrogens is 470 g/mol. The molecule has 1 amide bonds. The van der Waals surface area contributed by atoms with Gasteiger partial charge in [-0.05, 0) is 69.5 Å². The lowest BCUT2D eigenvalue weighted by atomic mass is 10.1. The number of carbonyl (C=O) groups is 1. The molecule has 1 unspecified atom stereocenters.